The van der Waals surface area contributed by atoms with Gasteiger partial charge in [0.25, 0.3) is 0 Å². The maximum atomic E-state index is 14.9. The Bertz CT molecular complexity index is 2500. The molecule has 0 amide bonds. The molecule has 8 aliphatic heterocycles. The standard InChI is InChI=1S/C42H41N5O8S/c1-18-12-23-28(33(49)34(18)51-5)31-32-38-30-29(37-36(53-17-54-37)19(2)35(30)55-20(3)48)27(46(32)26(14-43)25-13-41(23,4)47(25)31)15-52-40(50)42(16-56-38)39-22(10-11-44-42)21-8-6-7-9-24(21)45-39/h6-9,12,25-27,31-32,38,44-45,49H,10-11,13,15-17H2,1-5H3/t25?,26-,27-,31?,32?,38+,41+,42+/m0/s1. The zero-order chi connectivity index (χ0) is 38.6. The Morgan fingerprint density at radius 1 is 1.12 bits per heavy atom. The van der Waals surface area contributed by atoms with Crippen molar-refractivity contribution in [3.8, 4) is 34.8 Å². The summed E-state index contributed by atoms with van der Waals surface area (Å²) in [6.07, 6.45) is 1.43. The molecule has 1 aromatic heterocycles. The van der Waals surface area contributed by atoms with Gasteiger partial charge >= 0.3 is 11.9 Å². The van der Waals surface area contributed by atoms with Crippen LogP contribution in [0, 0.1) is 25.2 Å². The number of thioether (sulfide) groups is 1. The van der Waals surface area contributed by atoms with Crippen LogP contribution in [-0.2, 0) is 31.8 Å². The number of aromatic amines is 1. The number of aryl methyl sites for hydroxylation is 1. The van der Waals surface area contributed by atoms with Gasteiger partial charge in [-0.05, 0) is 62.4 Å². The third kappa shape index (κ3) is 4.06. The van der Waals surface area contributed by atoms with Gasteiger partial charge in [0.1, 0.15) is 18.4 Å². The molecule has 13 nitrogen and oxygen atoms in total. The number of phenolic OH excluding ortho intramolecular Hbond substituents is 1. The van der Waals surface area contributed by atoms with Gasteiger partial charge in [0, 0.05) is 70.0 Å². The Hall–Kier alpha value is -4.94. The first-order chi connectivity index (χ1) is 27.0. The molecule has 0 aliphatic carbocycles. The summed E-state index contributed by atoms with van der Waals surface area (Å²) in [6, 6.07) is 10.6. The van der Waals surface area contributed by atoms with Crippen LogP contribution < -0.4 is 24.3 Å². The molecule has 8 aliphatic rings. The first kappa shape index (κ1) is 34.3. The van der Waals surface area contributed by atoms with Gasteiger partial charge in [-0.15, -0.1) is 11.8 Å². The van der Waals surface area contributed by atoms with Gasteiger partial charge < -0.3 is 33.8 Å². The lowest BCUT2D eigenvalue weighted by molar-refractivity contribution is -0.187. The second-order valence-electron chi connectivity index (χ2n) is 16.3. The topological polar surface area (TPSA) is 159 Å². The highest BCUT2D eigenvalue weighted by Crippen LogP contribution is 2.71. The normalized spacial score (nSPS) is 32.0. The van der Waals surface area contributed by atoms with Gasteiger partial charge in [0.2, 0.25) is 6.79 Å². The number of carbonyl (C=O) groups excluding carboxylic acids is 2. The fourth-order valence-electron chi connectivity index (χ4n) is 11.6. The molecule has 3 fully saturated rings. The summed E-state index contributed by atoms with van der Waals surface area (Å²) >= 11 is 1.57. The lowest BCUT2D eigenvalue weighted by Gasteiger charge is -2.66. The van der Waals surface area contributed by atoms with Crippen molar-refractivity contribution < 1.29 is 38.4 Å². The van der Waals surface area contributed by atoms with E-state index in [1.807, 2.05) is 32.0 Å². The number of hydrogen-bond donors (Lipinski definition) is 3. The number of benzene rings is 3. The van der Waals surface area contributed by atoms with Crippen LogP contribution in [0.1, 0.15) is 82.2 Å². The highest BCUT2D eigenvalue weighted by atomic mass is 32.2. The summed E-state index contributed by atoms with van der Waals surface area (Å²) in [6.45, 7) is 7.82. The number of nitrogens with zero attached hydrogens (tertiary/aromatic N) is 3. The molecule has 3 aromatic carbocycles. The van der Waals surface area contributed by atoms with Crippen molar-refractivity contribution >= 4 is 34.6 Å². The number of aromatic hydroxyl groups is 1. The van der Waals surface area contributed by atoms with Gasteiger partial charge in [-0.25, -0.2) is 4.79 Å². The zero-order valence-corrected chi connectivity index (χ0v) is 32.5. The van der Waals surface area contributed by atoms with Crippen molar-refractivity contribution in [1.29, 1.82) is 5.26 Å². The first-order valence-corrected chi connectivity index (χ1v) is 20.2. The molecule has 4 aromatic rings. The van der Waals surface area contributed by atoms with E-state index in [2.05, 4.69) is 45.2 Å². The Morgan fingerprint density at radius 3 is 2.71 bits per heavy atom. The minimum atomic E-state index is -1.24. The summed E-state index contributed by atoms with van der Waals surface area (Å²) in [5, 5.41) is 27.6. The molecule has 3 N–H and O–H groups in total. The number of fused-ring (bicyclic) bond motifs is 10. The number of aromatic nitrogens is 1. The molecular formula is C42H41N5O8S. The van der Waals surface area contributed by atoms with Crippen LogP contribution in [-0.4, -0.2) is 82.8 Å². The van der Waals surface area contributed by atoms with Crippen LogP contribution in [0.3, 0.4) is 0 Å². The Morgan fingerprint density at radius 2 is 1.93 bits per heavy atom. The van der Waals surface area contributed by atoms with Crippen LogP contribution in [0.5, 0.6) is 28.7 Å². The second-order valence-corrected chi connectivity index (χ2v) is 17.5. The van der Waals surface area contributed by atoms with Crippen LogP contribution in [0.15, 0.2) is 30.3 Å². The minimum Gasteiger partial charge on any atom is -0.504 e. The molecular weight excluding hydrogens is 735 g/mol. The van der Waals surface area contributed by atoms with E-state index >= 15 is 0 Å². The van der Waals surface area contributed by atoms with Gasteiger partial charge in [-0.3, -0.25) is 19.9 Å². The molecule has 0 radical (unpaired) electrons. The van der Waals surface area contributed by atoms with Crippen LogP contribution >= 0.6 is 11.8 Å². The van der Waals surface area contributed by atoms with Crippen LogP contribution in [0.4, 0.5) is 0 Å². The number of hydrogen-bond acceptors (Lipinski definition) is 13. The number of para-hydroxylation sites is 1. The average molecular weight is 776 g/mol. The molecule has 9 heterocycles. The number of H-pyrrole nitrogens is 1. The minimum absolute atomic E-state index is 0.0322. The van der Waals surface area contributed by atoms with E-state index in [1.54, 1.807) is 18.9 Å². The largest absolute Gasteiger partial charge is 0.504 e. The van der Waals surface area contributed by atoms with Crippen molar-refractivity contribution in [2.24, 2.45) is 0 Å². The van der Waals surface area contributed by atoms with Gasteiger partial charge in [0.15, 0.2) is 28.5 Å². The number of phenols is 1. The van der Waals surface area contributed by atoms with Crippen LogP contribution in [0.2, 0.25) is 0 Å². The van der Waals surface area contributed by atoms with Crippen molar-refractivity contribution in [2.45, 2.75) is 87.1 Å². The number of nitrogens with one attached hydrogen (secondary N) is 2. The maximum absolute atomic E-state index is 14.9. The van der Waals surface area contributed by atoms with E-state index in [1.165, 1.54) is 6.92 Å². The summed E-state index contributed by atoms with van der Waals surface area (Å²) in [5.74, 6) is 1.23. The smallest absolute Gasteiger partial charge is 0.333 e. The molecule has 3 unspecified atom stereocenters. The highest BCUT2D eigenvalue weighted by molar-refractivity contribution is 7.99. The molecule has 288 valence electrons. The van der Waals surface area contributed by atoms with E-state index in [-0.39, 0.29) is 30.9 Å². The van der Waals surface area contributed by atoms with E-state index in [0.717, 1.165) is 50.8 Å². The predicted molar refractivity (Wildman–Crippen MR) is 204 cm³/mol. The summed E-state index contributed by atoms with van der Waals surface area (Å²) < 4.78 is 30.9. The van der Waals surface area contributed by atoms with Gasteiger partial charge in [-0.1, -0.05) is 18.2 Å². The number of rotatable bonds is 2. The fourth-order valence-corrected chi connectivity index (χ4v) is 13.3. The number of ether oxygens (including phenoxy) is 5. The Labute approximate surface area is 327 Å². The summed E-state index contributed by atoms with van der Waals surface area (Å²) in [4.78, 5) is 36.1. The lowest BCUT2D eigenvalue weighted by atomic mass is 9.70. The molecule has 12 rings (SSSR count). The molecule has 3 saturated heterocycles. The van der Waals surface area contributed by atoms with E-state index in [0.29, 0.717) is 47.1 Å². The molecule has 14 heteroatoms. The highest BCUT2D eigenvalue weighted by Gasteiger charge is 2.71. The maximum Gasteiger partial charge on any atom is 0.333 e. The van der Waals surface area contributed by atoms with Gasteiger partial charge in [0.05, 0.1) is 36.2 Å². The molecule has 8 atom stereocenters. The third-order valence-corrected chi connectivity index (χ3v) is 15.2. The molecule has 56 heavy (non-hydrogen) atoms. The van der Waals surface area contributed by atoms with Crippen LogP contribution in [0.25, 0.3) is 10.9 Å². The lowest BCUT2D eigenvalue weighted by Crippen LogP contribution is -2.75. The van der Waals surface area contributed by atoms with Crippen molar-refractivity contribution in [3.05, 3.63) is 75.0 Å². The number of methoxy groups -OCH3 is 1. The quantitative estimate of drug-likeness (QED) is 0.180. The molecule has 2 bridgehead atoms. The van der Waals surface area contributed by atoms with Crippen molar-refractivity contribution in [1.82, 2.24) is 20.1 Å². The number of carbonyl (C=O) groups is 2. The summed E-state index contributed by atoms with van der Waals surface area (Å²) in [5.41, 5.74) is 5.85. The first-order valence-electron chi connectivity index (χ1n) is 19.2. The SMILES string of the molecule is COc1c(C)cc2c(c1O)C1C3[C@@H]4SC[C@]5(NCCc6c5[nH]c5ccccc65)C(=O)OC[C@@H](c5c6c(c(C)c(OC(C)=O)c54)OCO6)N3[C@@H](C#N)C3C[C@@]2(C)N13. The second kappa shape index (κ2) is 11.6. The average Bonchev–Trinajstić information content (AvgIpc) is 3.87. The van der Waals surface area contributed by atoms with Crippen molar-refractivity contribution in [3.63, 3.8) is 0 Å². The van der Waals surface area contributed by atoms with E-state index in [4.69, 9.17) is 23.7 Å². The van der Waals surface area contributed by atoms with E-state index in [9.17, 15) is 20.0 Å². The number of esters is 2. The predicted octanol–water partition coefficient (Wildman–Crippen LogP) is 5.20. The zero-order valence-electron chi connectivity index (χ0n) is 31.6. The Balaban J connectivity index is 1.19. The third-order valence-electron chi connectivity index (χ3n) is 13.7. The number of nitriles is 1. The summed E-state index contributed by atoms with van der Waals surface area (Å²) in [7, 11) is 1.57. The molecule has 0 saturated carbocycles. The van der Waals surface area contributed by atoms with Crippen molar-refractivity contribution in [2.75, 3.05) is 32.8 Å². The Kier molecular flexibility index (Phi) is 7.09. The fraction of sp³-hybridized carbons (Fsp3) is 0.452. The molecule has 1 spiro atoms. The van der Waals surface area contributed by atoms with E-state index < -0.39 is 52.4 Å². The monoisotopic (exact) mass is 775 g/mol. The van der Waals surface area contributed by atoms with Gasteiger partial charge in [-0.2, -0.15) is 5.26 Å². The number of piperazine rings is 1.